The van der Waals surface area contributed by atoms with Crippen molar-refractivity contribution < 1.29 is 4.92 Å². The van der Waals surface area contributed by atoms with Gasteiger partial charge in [0.25, 0.3) is 5.69 Å². The Labute approximate surface area is 76.7 Å². The first-order valence-electron chi connectivity index (χ1n) is 2.99. The number of nitrogens with zero attached hydrogens (tertiary/aromatic N) is 2. The van der Waals surface area contributed by atoms with E-state index in [-0.39, 0.29) is 11.3 Å². The number of benzene rings is 1. The lowest BCUT2D eigenvalue weighted by Crippen LogP contribution is -1.89. The van der Waals surface area contributed by atoms with E-state index in [1.807, 2.05) is 6.07 Å². The maximum atomic E-state index is 10.4. The quantitative estimate of drug-likeness (QED) is 0.545. The predicted octanol–water partition coefficient (Wildman–Crippen LogP) is 2.23. The highest BCUT2D eigenvalue weighted by atomic mass is 79.9. The summed E-state index contributed by atoms with van der Waals surface area (Å²) in [5.74, 6) is 0. The van der Waals surface area contributed by atoms with E-state index in [2.05, 4.69) is 15.9 Å². The van der Waals surface area contributed by atoms with Crippen LogP contribution in [0.2, 0.25) is 0 Å². The molecule has 0 spiro atoms. The van der Waals surface area contributed by atoms with Crippen LogP contribution in [0.4, 0.5) is 5.69 Å². The van der Waals surface area contributed by atoms with Crippen LogP contribution in [-0.4, -0.2) is 4.92 Å². The third kappa shape index (κ3) is 1.60. The molecule has 0 radical (unpaired) electrons. The molecule has 1 aromatic rings. The van der Waals surface area contributed by atoms with Gasteiger partial charge < -0.3 is 0 Å². The molecule has 0 heterocycles. The molecule has 12 heavy (non-hydrogen) atoms. The molecular formula is C7H3BrN2O2. The van der Waals surface area contributed by atoms with Crippen LogP contribution < -0.4 is 0 Å². The van der Waals surface area contributed by atoms with Crippen LogP contribution in [0, 0.1) is 21.4 Å². The molecule has 0 aromatic heterocycles. The summed E-state index contributed by atoms with van der Waals surface area (Å²) in [6, 6.07) is 6.04. The number of hydrogen-bond donors (Lipinski definition) is 0. The van der Waals surface area contributed by atoms with Crippen LogP contribution in [0.5, 0.6) is 0 Å². The Morgan fingerprint density at radius 3 is 2.75 bits per heavy atom. The lowest BCUT2D eigenvalue weighted by molar-refractivity contribution is -0.385. The first kappa shape index (κ1) is 8.68. The van der Waals surface area contributed by atoms with E-state index < -0.39 is 4.92 Å². The zero-order valence-electron chi connectivity index (χ0n) is 5.82. The van der Waals surface area contributed by atoms with Crippen LogP contribution in [0.15, 0.2) is 22.7 Å². The van der Waals surface area contributed by atoms with Gasteiger partial charge in [-0.05, 0) is 28.1 Å². The smallest absolute Gasteiger partial charge is 0.258 e. The topological polar surface area (TPSA) is 66.9 Å². The average Bonchev–Trinajstić information content (AvgIpc) is 2.05. The molecular weight excluding hydrogens is 224 g/mol. The minimum atomic E-state index is -0.537. The summed E-state index contributed by atoms with van der Waals surface area (Å²) in [5.41, 5.74) is 0.193. The van der Waals surface area contributed by atoms with E-state index in [9.17, 15) is 10.1 Å². The minimum absolute atomic E-state index is 0.0888. The van der Waals surface area contributed by atoms with Crippen LogP contribution in [0.25, 0.3) is 0 Å². The molecule has 0 amide bonds. The molecule has 5 heteroatoms. The highest BCUT2D eigenvalue weighted by molar-refractivity contribution is 9.10. The second-order valence-corrected chi connectivity index (χ2v) is 2.89. The van der Waals surface area contributed by atoms with Crippen molar-refractivity contribution in [1.29, 1.82) is 5.26 Å². The first-order chi connectivity index (χ1) is 5.65. The van der Waals surface area contributed by atoms with Crippen molar-refractivity contribution in [2.24, 2.45) is 0 Å². The van der Waals surface area contributed by atoms with E-state index >= 15 is 0 Å². The van der Waals surface area contributed by atoms with Crippen molar-refractivity contribution >= 4 is 21.6 Å². The van der Waals surface area contributed by atoms with E-state index in [1.165, 1.54) is 18.2 Å². The maximum absolute atomic E-state index is 10.4. The van der Waals surface area contributed by atoms with Gasteiger partial charge in [-0.15, -0.1) is 0 Å². The molecule has 0 aliphatic rings. The summed E-state index contributed by atoms with van der Waals surface area (Å²) in [6.07, 6.45) is 0. The largest absolute Gasteiger partial charge is 0.284 e. The minimum Gasteiger partial charge on any atom is -0.258 e. The molecule has 4 nitrogen and oxygen atoms in total. The second kappa shape index (κ2) is 3.32. The Morgan fingerprint density at radius 1 is 1.58 bits per heavy atom. The summed E-state index contributed by atoms with van der Waals surface area (Å²) in [7, 11) is 0. The van der Waals surface area contributed by atoms with Crippen molar-refractivity contribution in [3.8, 4) is 6.07 Å². The predicted molar refractivity (Wildman–Crippen MR) is 45.5 cm³/mol. The molecule has 1 rings (SSSR count). The van der Waals surface area contributed by atoms with E-state index in [0.717, 1.165) is 0 Å². The molecule has 0 N–H and O–H groups in total. The molecule has 0 bridgehead atoms. The molecule has 0 saturated heterocycles. The molecule has 0 atom stereocenters. The number of nitro groups is 1. The lowest BCUT2D eigenvalue weighted by Gasteiger charge is -1.93. The Hall–Kier alpha value is -1.41. The number of halogens is 1. The molecule has 0 aliphatic heterocycles. The normalized spacial score (nSPS) is 9.00. The molecule has 0 fully saturated rings. The van der Waals surface area contributed by atoms with Crippen LogP contribution >= 0.6 is 15.9 Å². The number of hydrogen-bond acceptors (Lipinski definition) is 3. The summed E-state index contributed by atoms with van der Waals surface area (Å²) < 4.78 is 0.381. The van der Waals surface area contributed by atoms with Gasteiger partial charge in [0.2, 0.25) is 0 Å². The van der Waals surface area contributed by atoms with Crippen molar-refractivity contribution in [2.45, 2.75) is 0 Å². The van der Waals surface area contributed by atoms with Gasteiger partial charge in [-0.25, -0.2) is 0 Å². The molecule has 1 aromatic carbocycles. The van der Waals surface area contributed by atoms with Gasteiger partial charge in [0.15, 0.2) is 0 Å². The highest BCUT2D eigenvalue weighted by Gasteiger charge is 2.11. The van der Waals surface area contributed by atoms with Crippen molar-refractivity contribution in [2.75, 3.05) is 0 Å². The molecule has 60 valence electrons. The van der Waals surface area contributed by atoms with E-state index in [1.54, 1.807) is 0 Å². The fourth-order valence-corrected chi connectivity index (χ4v) is 1.11. The van der Waals surface area contributed by atoms with Gasteiger partial charge in [-0.2, -0.15) is 5.26 Å². The maximum Gasteiger partial charge on any atom is 0.284 e. The van der Waals surface area contributed by atoms with Crippen LogP contribution in [0.3, 0.4) is 0 Å². The van der Waals surface area contributed by atoms with Gasteiger partial charge in [0.1, 0.15) is 0 Å². The highest BCUT2D eigenvalue weighted by Crippen LogP contribution is 2.24. The SMILES string of the molecule is N#Cc1ccc(Br)c([N+](=O)[O-])c1. The third-order valence-electron chi connectivity index (χ3n) is 1.27. The average molecular weight is 227 g/mol. The van der Waals surface area contributed by atoms with E-state index in [0.29, 0.717) is 4.47 Å². The molecule has 0 aliphatic carbocycles. The standard InChI is InChI=1S/C7H3BrN2O2/c8-6-2-1-5(4-9)3-7(6)10(11)12/h1-3H. The Bertz CT molecular complexity index is 370. The van der Waals surface area contributed by atoms with Gasteiger partial charge in [-0.1, -0.05) is 0 Å². The second-order valence-electron chi connectivity index (χ2n) is 2.04. The molecule has 0 unspecified atom stereocenters. The fourth-order valence-electron chi connectivity index (χ4n) is 0.722. The lowest BCUT2D eigenvalue weighted by atomic mass is 10.2. The van der Waals surface area contributed by atoms with Crippen molar-refractivity contribution in [3.05, 3.63) is 38.3 Å². The fraction of sp³-hybridized carbons (Fsp3) is 0. The van der Waals surface area contributed by atoms with Crippen molar-refractivity contribution in [1.82, 2.24) is 0 Å². The van der Waals surface area contributed by atoms with Crippen LogP contribution in [0.1, 0.15) is 5.56 Å². The number of nitriles is 1. The monoisotopic (exact) mass is 226 g/mol. The Morgan fingerprint density at radius 2 is 2.25 bits per heavy atom. The summed E-state index contributed by atoms with van der Waals surface area (Å²) >= 11 is 3.01. The van der Waals surface area contributed by atoms with Gasteiger partial charge in [-0.3, -0.25) is 10.1 Å². The zero-order valence-corrected chi connectivity index (χ0v) is 7.41. The number of rotatable bonds is 1. The van der Waals surface area contributed by atoms with Gasteiger partial charge in [0.05, 0.1) is 21.0 Å². The van der Waals surface area contributed by atoms with E-state index in [4.69, 9.17) is 5.26 Å². The Balaban J connectivity index is 3.28. The Kier molecular flexibility index (Phi) is 2.41. The summed E-state index contributed by atoms with van der Waals surface area (Å²) in [5, 5.41) is 18.8. The summed E-state index contributed by atoms with van der Waals surface area (Å²) in [4.78, 5) is 9.82. The van der Waals surface area contributed by atoms with Crippen LogP contribution in [-0.2, 0) is 0 Å². The third-order valence-corrected chi connectivity index (χ3v) is 1.94. The number of nitro benzene ring substituents is 1. The zero-order chi connectivity index (χ0) is 9.14. The van der Waals surface area contributed by atoms with Crippen molar-refractivity contribution in [3.63, 3.8) is 0 Å². The van der Waals surface area contributed by atoms with Gasteiger partial charge in [0, 0.05) is 6.07 Å². The first-order valence-corrected chi connectivity index (χ1v) is 3.78. The van der Waals surface area contributed by atoms with Gasteiger partial charge >= 0.3 is 0 Å². The molecule has 0 saturated carbocycles. The summed E-state index contributed by atoms with van der Waals surface area (Å²) in [6.45, 7) is 0.